The number of nitrogens with one attached hydrogen (secondary N) is 1. The Hall–Kier alpha value is -0.870. The Balaban J connectivity index is 1.92. The summed E-state index contributed by atoms with van der Waals surface area (Å²) >= 11 is 0. The number of nitrogens with zero attached hydrogens (tertiary/aromatic N) is 2. The highest BCUT2D eigenvalue weighted by Crippen LogP contribution is 2.29. The molecule has 0 saturated carbocycles. The zero-order chi connectivity index (χ0) is 12.1. The summed E-state index contributed by atoms with van der Waals surface area (Å²) in [6.45, 7) is 2.18. The van der Waals surface area contributed by atoms with Gasteiger partial charge in [0.1, 0.15) is 5.76 Å². The minimum Gasteiger partial charge on any atom is -0.444 e. The average Bonchev–Trinajstić information content (AvgIpc) is 2.79. The molecule has 4 heteroatoms. The van der Waals surface area contributed by atoms with Crippen LogP contribution in [0.5, 0.6) is 0 Å². The smallest absolute Gasteiger partial charge is 0.211 e. The van der Waals surface area contributed by atoms with Gasteiger partial charge in [-0.15, -0.1) is 0 Å². The number of aromatic nitrogens is 1. The topological polar surface area (TPSA) is 41.3 Å². The molecule has 1 aliphatic rings. The van der Waals surface area contributed by atoms with E-state index in [1.54, 1.807) is 0 Å². The van der Waals surface area contributed by atoms with Crippen LogP contribution < -0.4 is 5.32 Å². The summed E-state index contributed by atoms with van der Waals surface area (Å²) in [5.74, 6) is 1.93. The van der Waals surface area contributed by atoms with Crippen molar-refractivity contribution in [3.63, 3.8) is 0 Å². The maximum atomic E-state index is 5.86. The number of hydrogen-bond acceptors (Lipinski definition) is 4. The molecule has 1 unspecified atom stereocenters. The second-order valence-electron chi connectivity index (χ2n) is 4.86. The summed E-state index contributed by atoms with van der Waals surface area (Å²) in [4.78, 5) is 6.79. The third-order valence-electron chi connectivity index (χ3n) is 3.48. The van der Waals surface area contributed by atoms with Crippen LogP contribution in [0.25, 0.3) is 0 Å². The summed E-state index contributed by atoms with van der Waals surface area (Å²) in [7, 11) is 4.14. The lowest BCUT2D eigenvalue weighted by atomic mass is 10.0. The van der Waals surface area contributed by atoms with Crippen molar-refractivity contribution in [3.05, 3.63) is 17.8 Å². The van der Waals surface area contributed by atoms with Crippen LogP contribution in [0.4, 0.5) is 0 Å². The molecule has 0 radical (unpaired) electrons. The summed E-state index contributed by atoms with van der Waals surface area (Å²) < 4.78 is 5.86. The molecule has 0 aromatic carbocycles. The van der Waals surface area contributed by atoms with Crippen LogP contribution in [0, 0.1) is 0 Å². The van der Waals surface area contributed by atoms with E-state index in [-0.39, 0.29) is 0 Å². The highest BCUT2D eigenvalue weighted by atomic mass is 16.4. The second-order valence-corrected chi connectivity index (χ2v) is 4.86. The van der Waals surface area contributed by atoms with Crippen LogP contribution in [0.2, 0.25) is 0 Å². The van der Waals surface area contributed by atoms with Crippen molar-refractivity contribution in [2.45, 2.75) is 38.1 Å². The first kappa shape index (κ1) is 12.6. The molecule has 17 heavy (non-hydrogen) atoms. The Morgan fingerprint density at radius 2 is 2.41 bits per heavy atom. The molecule has 96 valence electrons. The molecule has 0 aliphatic carbocycles. The monoisotopic (exact) mass is 237 g/mol. The fraction of sp³-hybridized carbons (Fsp3) is 0.769. The Bertz CT molecular complexity index is 337. The van der Waals surface area contributed by atoms with Gasteiger partial charge in [0.05, 0.1) is 12.2 Å². The quantitative estimate of drug-likeness (QED) is 0.795. The predicted octanol–water partition coefficient (Wildman–Crippen LogP) is 1.98. The van der Waals surface area contributed by atoms with Gasteiger partial charge in [-0.05, 0) is 46.4 Å². The fourth-order valence-electron chi connectivity index (χ4n) is 2.42. The molecule has 1 aromatic heterocycles. The maximum Gasteiger partial charge on any atom is 0.211 e. The van der Waals surface area contributed by atoms with Crippen LogP contribution in [0.3, 0.4) is 0 Å². The van der Waals surface area contributed by atoms with Crippen molar-refractivity contribution in [2.24, 2.45) is 0 Å². The van der Waals surface area contributed by atoms with Crippen molar-refractivity contribution in [3.8, 4) is 0 Å². The minimum absolute atomic E-state index is 0.391. The Kier molecular flexibility index (Phi) is 4.57. The first-order valence-corrected chi connectivity index (χ1v) is 6.60. The highest BCUT2D eigenvalue weighted by Gasteiger charge is 2.24. The van der Waals surface area contributed by atoms with Gasteiger partial charge in [0.15, 0.2) is 0 Å². The number of oxazole rings is 1. The third-order valence-corrected chi connectivity index (χ3v) is 3.48. The van der Waals surface area contributed by atoms with Gasteiger partial charge in [0, 0.05) is 6.42 Å². The van der Waals surface area contributed by atoms with Gasteiger partial charge in [0.2, 0.25) is 5.89 Å². The van der Waals surface area contributed by atoms with Crippen molar-refractivity contribution in [1.82, 2.24) is 15.2 Å². The van der Waals surface area contributed by atoms with Crippen molar-refractivity contribution in [2.75, 3.05) is 27.2 Å². The first-order valence-electron chi connectivity index (χ1n) is 6.60. The lowest BCUT2D eigenvalue weighted by Gasteiger charge is -2.29. The van der Waals surface area contributed by atoms with E-state index in [2.05, 4.69) is 22.2 Å². The van der Waals surface area contributed by atoms with E-state index in [4.69, 9.17) is 4.42 Å². The van der Waals surface area contributed by atoms with Crippen molar-refractivity contribution >= 4 is 0 Å². The predicted molar refractivity (Wildman–Crippen MR) is 68.0 cm³/mol. The molecule has 1 atom stereocenters. The molecule has 0 spiro atoms. The highest BCUT2D eigenvalue weighted by molar-refractivity contribution is 4.99. The molecule has 1 fully saturated rings. The Morgan fingerprint density at radius 1 is 1.53 bits per heavy atom. The molecule has 4 nitrogen and oxygen atoms in total. The molecule has 2 rings (SSSR count). The standard InChI is InChI=1S/C13H23N3O/c1-14-8-5-6-11-10-15-13(17-11)12-7-3-4-9-16(12)2/h10,12,14H,3-9H2,1-2H3. The van der Waals surface area contributed by atoms with Gasteiger partial charge in [-0.3, -0.25) is 4.90 Å². The van der Waals surface area contributed by atoms with E-state index >= 15 is 0 Å². The normalized spacial score (nSPS) is 21.9. The molecule has 0 amide bonds. The van der Waals surface area contributed by atoms with Gasteiger partial charge in [-0.1, -0.05) is 6.42 Å². The molecular weight excluding hydrogens is 214 g/mol. The maximum absolute atomic E-state index is 5.86. The van der Waals surface area contributed by atoms with Gasteiger partial charge < -0.3 is 9.73 Å². The summed E-state index contributed by atoms with van der Waals surface area (Å²) in [5.41, 5.74) is 0. The van der Waals surface area contributed by atoms with Crippen LogP contribution in [0.1, 0.15) is 43.4 Å². The lowest BCUT2D eigenvalue weighted by Crippen LogP contribution is -2.29. The molecule has 1 saturated heterocycles. The zero-order valence-electron chi connectivity index (χ0n) is 10.9. The van der Waals surface area contributed by atoms with Crippen LogP contribution >= 0.6 is 0 Å². The molecule has 2 heterocycles. The van der Waals surface area contributed by atoms with E-state index in [0.29, 0.717) is 6.04 Å². The SMILES string of the molecule is CNCCCc1cnc(C2CCCCN2C)o1. The van der Waals surface area contributed by atoms with E-state index in [0.717, 1.165) is 37.6 Å². The average molecular weight is 237 g/mol. The molecule has 1 aliphatic heterocycles. The van der Waals surface area contributed by atoms with Gasteiger partial charge in [-0.25, -0.2) is 4.98 Å². The van der Waals surface area contributed by atoms with Crippen LogP contribution in [-0.4, -0.2) is 37.1 Å². The number of piperidine rings is 1. The van der Waals surface area contributed by atoms with Crippen molar-refractivity contribution in [1.29, 1.82) is 0 Å². The first-order chi connectivity index (χ1) is 8.31. The third kappa shape index (κ3) is 3.30. The van der Waals surface area contributed by atoms with Gasteiger partial charge in [0.25, 0.3) is 0 Å². The van der Waals surface area contributed by atoms with Crippen LogP contribution in [-0.2, 0) is 6.42 Å². The van der Waals surface area contributed by atoms with Gasteiger partial charge >= 0.3 is 0 Å². The summed E-state index contributed by atoms with van der Waals surface area (Å²) in [5, 5.41) is 3.14. The van der Waals surface area contributed by atoms with Crippen molar-refractivity contribution < 1.29 is 4.42 Å². The van der Waals surface area contributed by atoms with Crippen LogP contribution in [0.15, 0.2) is 10.6 Å². The molecule has 1 N–H and O–H groups in total. The lowest BCUT2D eigenvalue weighted by molar-refractivity contribution is 0.157. The number of rotatable bonds is 5. The second kappa shape index (κ2) is 6.17. The van der Waals surface area contributed by atoms with Gasteiger partial charge in [-0.2, -0.15) is 0 Å². The largest absolute Gasteiger partial charge is 0.444 e. The number of likely N-dealkylation sites (tertiary alicyclic amines) is 1. The molecular formula is C13H23N3O. The van der Waals surface area contributed by atoms with E-state index in [9.17, 15) is 0 Å². The number of aryl methyl sites for hydroxylation is 1. The van der Waals surface area contributed by atoms with E-state index in [1.165, 1.54) is 19.3 Å². The molecule has 0 bridgehead atoms. The Labute approximate surface area is 103 Å². The summed E-state index contributed by atoms with van der Waals surface area (Å²) in [6, 6.07) is 0.391. The number of hydrogen-bond donors (Lipinski definition) is 1. The zero-order valence-corrected chi connectivity index (χ0v) is 10.9. The van der Waals surface area contributed by atoms with E-state index in [1.807, 2.05) is 13.2 Å². The minimum atomic E-state index is 0.391. The summed E-state index contributed by atoms with van der Waals surface area (Å²) in [6.07, 6.45) is 7.73. The van der Waals surface area contributed by atoms with E-state index < -0.39 is 0 Å². The fourth-order valence-corrected chi connectivity index (χ4v) is 2.42. The molecule has 1 aromatic rings. The Morgan fingerprint density at radius 3 is 3.18 bits per heavy atom.